The second-order valence-corrected chi connectivity index (χ2v) is 9.82. The van der Waals surface area contributed by atoms with Crippen LogP contribution in [0, 0.1) is 18.7 Å². The van der Waals surface area contributed by atoms with Gasteiger partial charge < -0.3 is 9.47 Å². The molecule has 4 aromatic carbocycles. The lowest BCUT2D eigenvalue weighted by atomic mass is 9.90. The van der Waals surface area contributed by atoms with E-state index in [0.717, 1.165) is 5.56 Å². The Hall–Kier alpha value is -5.02. The molecule has 0 N–H and O–H groups in total. The topological polar surface area (TPSA) is 85.4 Å². The molecule has 0 radical (unpaired) electrons. The Morgan fingerprint density at radius 2 is 1.56 bits per heavy atom. The summed E-state index contributed by atoms with van der Waals surface area (Å²) >= 11 is 0. The third-order valence-electron chi connectivity index (χ3n) is 7.20. The van der Waals surface area contributed by atoms with Crippen LogP contribution >= 0.6 is 0 Å². The number of nitrogens with zero attached hydrogens (tertiary/aromatic N) is 2. The van der Waals surface area contributed by atoms with E-state index in [-0.39, 0.29) is 23.0 Å². The number of rotatable bonds is 6. The van der Waals surface area contributed by atoms with Gasteiger partial charge in [-0.2, -0.15) is 0 Å². The van der Waals surface area contributed by atoms with Gasteiger partial charge in [0.2, 0.25) is 5.91 Å². The Kier molecular flexibility index (Phi) is 6.72. The molecule has 3 unspecified atom stereocenters. The monoisotopic (exact) mass is 552 g/mol. The van der Waals surface area contributed by atoms with E-state index in [2.05, 4.69) is 0 Å². The Labute approximate surface area is 235 Å². The maximum absolute atomic E-state index is 13.9. The number of amides is 2. The molecule has 41 heavy (non-hydrogen) atoms. The number of aryl methyl sites for hydroxylation is 1. The Morgan fingerprint density at radius 3 is 2.27 bits per heavy atom. The summed E-state index contributed by atoms with van der Waals surface area (Å²) in [6.07, 6.45) is -1.03. The van der Waals surface area contributed by atoms with Crippen LogP contribution in [0.3, 0.4) is 0 Å². The van der Waals surface area contributed by atoms with Gasteiger partial charge in [-0.3, -0.25) is 14.4 Å². The maximum Gasteiger partial charge on any atom is 0.343 e. The first-order chi connectivity index (χ1) is 19.9. The van der Waals surface area contributed by atoms with Gasteiger partial charge in [-0.1, -0.05) is 36.4 Å². The number of hydrogen-bond donors (Lipinski definition) is 0. The van der Waals surface area contributed by atoms with Gasteiger partial charge in [-0.25, -0.2) is 19.1 Å². The number of hydrogen-bond acceptors (Lipinski definition) is 7. The van der Waals surface area contributed by atoms with Crippen molar-refractivity contribution in [3.8, 4) is 11.5 Å². The zero-order chi connectivity index (χ0) is 28.7. The van der Waals surface area contributed by atoms with Crippen LogP contribution < -0.4 is 19.4 Å². The predicted molar refractivity (Wildman–Crippen MR) is 148 cm³/mol. The van der Waals surface area contributed by atoms with E-state index in [1.807, 2.05) is 43.3 Å². The third kappa shape index (κ3) is 4.70. The zero-order valence-corrected chi connectivity index (χ0v) is 22.2. The molecule has 2 fully saturated rings. The number of imide groups is 1. The van der Waals surface area contributed by atoms with Gasteiger partial charge in [0.15, 0.2) is 17.6 Å². The largest absolute Gasteiger partial charge is 0.493 e. The van der Waals surface area contributed by atoms with E-state index in [4.69, 9.17) is 14.3 Å². The summed E-state index contributed by atoms with van der Waals surface area (Å²) in [6, 6.07) is 25.6. The van der Waals surface area contributed by atoms with Gasteiger partial charge in [0.05, 0.1) is 30.1 Å². The van der Waals surface area contributed by atoms with Crippen LogP contribution in [0.1, 0.15) is 27.5 Å². The molecule has 0 aliphatic carbocycles. The molecule has 2 saturated heterocycles. The lowest BCUT2D eigenvalue weighted by Gasteiger charge is -2.29. The molecule has 9 heteroatoms. The molecule has 0 bridgehead atoms. The molecule has 2 aliphatic heterocycles. The molecule has 4 aromatic rings. The number of anilines is 2. The van der Waals surface area contributed by atoms with Crippen LogP contribution in [0.2, 0.25) is 0 Å². The number of halogens is 1. The van der Waals surface area contributed by atoms with Crippen molar-refractivity contribution in [3.05, 3.63) is 120 Å². The minimum Gasteiger partial charge on any atom is -0.493 e. The highest BCUT2D eigenvalue weighted by Crippen LogP contribution is 2.48. The number of para-hydroxylation sites is 1. The molecule has 2 heterocycles. The highest BCUT2D eigenvalue weighted by atomic mass is 19.1. The molecule has 0 saturated carbocycles. The van der Waals surface area contributed by atoms with Crippen LogP contribution in [0.25, 0.3) is 0 Å². The molecular formula is C32H25FN2O6. The van der Waals surface area contributed by atoms with Gasteiger partial charge in [-0.15, -0.1) is 0 Å². The van der Waals surface area contributed by atoms with Crippen molar-refractivity contribution in [3.63, 3.8) is 0 Å². The quantitative estimate of drug-likeness (QED) is 0.180. The number of esters is 1. The normalized spacial score (nSPS) is 19.8. The SMILES string of the molecule is COc1cc(C2C3C(=O)N(c4cccc(C)c4)C(=O)C3ON2c2ccccc2)ccc1OC(=O)c1ccc(F)cc1. The molecule has 3 atom stereocenters. The Morgan fingerprint density at radius 1 is 0.829 bits per heavy atom. The summed E-state index contributed by atoms with van der Waals surface area (Å²) in [4.78, 5) is 47.5. The summed E-state index contributed by atoms with van der Waals surface area (Å²) in [6.45, 7) is 1.89. The van der Waals surface area contributed by atoms with Gasteiger partial charge in [0, 0.05) is 0 Å². The zero-order valence-electron chi connectivity index (χ0n) is 22.2. The number of carbonyl (C=O) groups excluding carboxylic acids is 3. The van der Waals surface area contributed by atoms with Crippen LogP contribution in [0.4, 0.5) is 15.8 Å². The summed E-state index contributed by atoms with van der Waals surface area (Å²) in [5, 5.41) is 1.58. The second kappa shape index (κ2) is 10.5. The maximum atomic E-state index is 13.9. The third-order valence-corrected chi connectivity index (χ3v) is 7.20. The van der Waals surface area contributed by atoms with Crippen LogP contribution in [0.5, 0.6) is 11.5 Å². The molecule has 8 nitrogen and oxygen atoms in total. The fourth-order valence-electron chi connectivity index (χ4n) is 5.27. The van der Waals surface area contributed by atoms with Crippen LogP contribution in [0.15, 0.2) is 97.1 Å². The van der Waals surface area contributed by atoms with Crippen molar-refractivity contribution in [2.24, 2.45) is 5.92 Å². The lowest BCUT2D eigenvalue weighted by Crippen LogP contribution is -2.37. The highest BCUT2D eigenvalue weighted by Gasteiger charge is 2.60. The van der Waals surface area contributed by atoms with Crippen molar-refractivity contribution in [1.82, 2.24) is 0 Å². The van der Waals surface area contributed by atoms with Gasteiger partial charge in [0.25, 0.3) is 5.91 Å². The van der Waals surface area contributed by atoms with Gasteiger partial charge in [-0.05, 0) is 78.7 Å². The van der Waals surface area contributed by atoms with Crippen molar-refractivity contribution >= 4 is 29.2 Å². The van der Waals surface area contributed by atoms with E-state index < -0.39 is 35.8 Å². The summed E-state index contributed by atoms with van der Waals surface area (Å²) < 4.78 is 24.4. The van der Waals surface area contributed by atoms with Crippen molar-refractivity contribution in [2.75, 3.05) is 17.1 Å². The summed E-state index contributed by atoms with van der Waals surface area (Å²) in [7, 11) is 1.43. The predicted octanol–water partition coefficient (Wildman–Crippen LogP) is 5.41. The fourth-order valence-corrected chi connectivity index (χ4v) is 5.27. The molecule has 0 spiro atoms. The molecular weight excluding hydrogens is 527 g/mol. The first-order valence-electron chi connectivity index (χ1n) is 13.0. The lowest BCUT2D eigenvalue weighted by molar-refractivity contribution is -0.126. The smallest absolute Gasteiger partial charge is 0.343 e. The molecule has 2 amide bonds. The Bertz CT molecular complexity index is 1640. The molecule has 206 valence electrons. The highest BCUT2D eigenvalue weighted by molar-refractivity contribution is 6.24. The number of ether oxygens (including phenoxy) is 2. The van der Waals surface area contributed by atoms with E-state index in [1.165, 1.54) is 36.3 Å². The van der Waals surface area contributed by atoms with Gasteiger partial charge >= 0.3 is 5.97 Å². The van der Waals surface area contributed by atoms with E-state index in [0.29, 0.717) is 16.9 Å². The standard InChI is InChI=1S/C32H25FN2O6/c1-19-7-6-10-24(17-19)34-30(36)27-28(35(41-29(27)31(34)37)23-8-4-3-5-9-23)21-13-16-25(26(18-21)39-2)40-32(38)20-11-14-22(33)15-12-20/h3-18,27-29H,1-2H3. The first-order valence-corrected chi connectivity index (χ1v) is 13.0. The molecule has 0 aromatic heterocycles. The van der Waals surface area contributed by atoms with Crippen LogP contribution in [-0.4, -0.2) is 31.0 Å². The summed E-state index contributed by atoms with van der Waals surface area (Å²) in [5.74, 6) is -2.43. The van der Waals surface area contributed by atoms with Gasteiger partial charge in [0.1, 0.15) is 11.7 Å². The first kappa shape index (κ1) is 26.2. The average Bonchev–Trinajstić information content (AvgIpc) is 3.49. The van der Waals surface area contributed by atoms with Crippen molar-refractivity contribution in [1.29, 1.82) is 0 Å². The Balaban J connectivity index is 1.37. The number of fused-ring (bicyclic) bond motifs is 1. The second-order valence-electron chi connectivity index (χ2n) is 9.82. The van der Waals surface area contributed by atoms with E-state index >= 15 is 0 Å². The molecule has 6 rings (SSSR count). The minimum absolute atomic E-state index is 0.141. The van der Waals surface area contributed by atoms with E-state index in [9.17, 15) is 18.8 Å². The number of hydroxylamine groups is 1. The summed E-state index contributed by atoms with van der Waals surface area (Å²) in [5.41, 5.74) is 2.86. The number of methoxy groups -OCH3 is 1. The number of benzene rings is 4. The van der Waals surface area contributed by atoms with Crippen LogP contribution in [-0.2, 0) is 14.4 Å². The van der Waals surface area contributed by atoms with E-state index in [1.54, 1.807) is 41.5 Å². The molecule has 2 aliphatic rings. The minimum atomic E-state index is -1.03. The van der Waals surface area contributed by atoms with Crippen molar-refractivity contribution in [2.45, 2.75) is 19.1 Å². The number of carbonyl (C=O) groups is 3. The fraction of sp³-hybridized carbons (Fsp3) is 0.156. The average molecular weight is 553 g/mol. The van der Waals surface area contributed by atoms with Crippen molar-refractivity contribution < 1.29 is 33.1 Å².